The minimum Gasteiger partial charge on any atom is -0.415 e. The van der Waals surface area contributed by atoms with Gasteiger partial charge in [-0.2, -0.15) is 8.78 Å². The first-order chi connectivity index (χ1) is 11.6. The monoisotopic (exact) mass is 337 g/mol. The first-order valence-corrected chi connectivity index (χ1v) is 7.26. The van der Waals surface area contributed by atoms with E-state index in [1.807, 2.05) is 0 Å². The van der Waals surface area contributed by atoms with Crippen molar-refractivity contribution < 1.29 is 18.0 Å². The van der Waals surface area contributed by atoms with E-state index in [0.29, 0.717) is 24.5 Å². The van der Waals surface area contributed by atoms with Crippen LogP contribution in [0.1, 0.15) is 34.0 Å². The van der Waals surface area contributed by atoms with Crippen LogP contribution in [0, 0.1) is 0 Å². The fourth-order valence-electron chi connectivity index (χ4n) is 2.65. The molecule has 2 aromatic heterocycles. The Morgan fingerprint density at radius 2 is 2.29 bits per heavy atom. The Hall–Kier alpha value is -2.82. The summed E-state index contributed by atoms with van der Waals surface area (Å²) >= 11 is 0. The molecular formula is C13H13F2N7O2. The minimum atomic E-state index is -2.69. The number of hydrogen-bond acceptors (Lipinski definition) is 7. The number of carbonyl (C=O) groups is 1. The molecule has 0 saturated heterocycles. The number of H-pyrrole nitrogens is 1. The molecule has 2 aromatic rings. The van der Waals surface area contributed by atoms with Crippen molar-refractivity contribution in [2.24, 2.45) is 0 Å². The number of halogens is 2. The van der Waals surface area contributed by atoms with Gasteiger partial charge in [-0.3, -0.25) is 9.80 Å². The Morgan fingerprint density at radius 1 is 1.42 bits per heavy atom. The van der Waals surface area contributed by atoms with Gasteiger partial charge >= 0.3 is 18.3 Å². The molecule has 0 fully saturated rings. The first kappa shape index (κ1) is 14.8. The fourth-order valence-corrected chi connectivity index (χ4v) is 2.65. The summed E-state index contributed by atoms with van der Waals surface area (Å²) in [6, 6.07) is -0.686. The highest BCUT2D eigenvalue weighted by atomic mass is 19.3. The molecule has 0 saturated carbocycles. The quantitative estimate of drug-likeness (QED) is 0.790. The second-order valence-corrected chi connectivity index (χ2v) is 5.38. The zero-order chi connectivity index (χ0) is 16.7. The lowest BCUT2D eigenvalue weighted by Gasteiger charge is -2.24. The Labute approximate surface area is 134 Å². The molecule has 1 amide bonds. The number of rotatable bonds is 3. The molecule has 9 nitrogen and oxygen atoms in total. The lowest BCUT2D eigenvalue weighted by molar-refractivity contribution is -0.0244. The van der Waals surface area contributed by atoms with Crippen molar-refractivity contribution in [1.29, 1.82) is 0 Å². The summed E-state index contributed by atoms with van der Waals surface area (Å²) in [7, 11) is 0. The maximum absolute atomic E-state index is 12.6. The van der Waals surface area contributed by atoms with Crippen LogP contribution in [0.3, 0.4) is 0 Å². The van der Waals surface area contributed by atoms with E-state index in [-0.39, 0.29) is 11.8 Å². The van der Waals surface area contributed by atoms with E-state index in [2.05, 4.69) is 25.6 Å². The third-order valence-corrected chi connectivity index (χ3v) is 3.89. The number of imidazole rings is 1. The summed E-state index contributed by atoms with van der Waals surface area (Å²) in [6.45, 7) is -1.81. The van der Waals surface area contributed by atoms with Crippen LogP contribution in [-0.2, 0) is 13.0 Å². The molecule has 2 N–H and O–H groups in total. The van der Waals surface area contributed by atoms with Crippen LogP contribution in [0.4, 0.5) is 8.78 Å². The Bertz CT molecular complexity index is 787. The second kappa shape index (κ2) is 5.67. The summed E-state index contributed by atoms with van der Waals surface area (Å²) in [5.74, 6) is -0.516. The summed E-state index contributed by atoms with van der Waals surface area (Å²) in [5, 5.41) is 8.13. The number of carbonyl (C=O) groups excluding carboxylic acids is 1. The van der Waals surface area contributed by atoms with E-state index < -0.39 is 18.5 Å². The lowest BCUT2D eigenvalue weighted by Crippen LogP contribution is -2.36. The van der Waals surface area contributed by atoms with Crippen molar-refractivity contribution in [3.05, 3.63) is 41.8 Å². The number of nitrogens with one attached hydrogen (secondary N) is 2. The van der Waals surface area contributed by atoms with Crippen molar-refractivity contribution in [1.82, 2.24) is 35.5 Å². The predicted octanol–water partition coefficient (Wildman–Crippen LogP) is 0.589. The van der Waals surface area contributed by atoms with Crippen molar-refractivity contribution >= 4 is 5.91 Å². The van der Waals surface area contributed by atoms with Crippen molar-refractivity contribution in [3.8, 4) is 0 Å². The Morgan fingerprint density at radius 3 is 3.08 bits per heavy atom. The number of fused-ring (bicyclic) bond motifs is 1. The van der Waals surface area contributed by atoms with E-state index >= 15 is 0 Å². The number of nitrogens with zero attached hydrogens (tertiary/aromatic N) is 5. The van der Waals surface area contributed by atoms with Crippen LogP contribution in [0.2, 0.25) is 0 Å². The van der Waals surface area contributed by atoms with Gasteiger partial charge in [0.25, 0.3) is 0 Å². The standard InChI is InChI=1S/C13H13F2N7O2/c14-13(15)22-4-2-8(20-22)10-18-19-11(24-10)12(23)21-3-1-7-9(5-21)17-6-16-7/h2,4,6,8,13,20H,1,3,5H2,(H,16,17). The minimum absolute atomic E-state index is 0.0528. The number of hydrazine groups is 1. The number of aromatic amines is 1. The van der Waals surface area contributed by atoms with Gasteiger partial charge in [-0.05, 0) is 6.08 Å². The Balaban J connectivity index is 1.46. The van der Waals surface area contributed by atoms with Crippen LogP contribution in [0.5, 0.6) is 0 Å². The van der Waals surface area contributed by atoms with Crippen LogP contribution in [-0.4, -0.2) is 49.1 Å². The maximum Gasteiger partial charge on any atom is 0.327 e. The predicted molar refractivity (Wildman–Crippen MR) is 74.2 cm³/mol. The summed E-state index contributed by atoms with van der Waals surface area (Å²) in [5.41, 5.74) is 4.31. The fraction of sp³-hybridized carbons (Fsp3) is 0.385. The van der Waals surface area contributed by atoms with Crippen LogP contribution >= 0.6 is 0 Å². The molecule has 0 aliphatic carbocycles. The SMILES string of the molecule is O=C(c1nnc(C2C=CN(C(F)F)N2)o1)N1CCc2nc[nH]c2C1. The molecular weight excluding hydrogens is 324 g/mol. The molecule has 4 heterocycles. The molecule has 0 spiro atoms. The van der Waals surface area contributed by atoms with E-state index in [1.54, 1.807) is 11.2 Å². The molecule has 2 aliphatic heterocycles. The van der Waals surface area contributed by atoms with E-state index in [0.717, 1.165) is 11.4 Å². The topological polar surface area (TPSA) is 103 Å². The van der Waals surface area contributed by atoms with Gasteiger partial charge in [0.15, 0.2) is 0 Å². The number of amides is 1. The van der Waals surface area contributed by atoms with Gasteiger partial charge < -0.3 is 14.3 Å². The molecule has 1 atom stereocenters. The molecule has 0 radical (unpaired) electrons. The van der Waals surface area contributed by atoms with Gasteiger partial charge in [0.1, 0.15) is 6.04 Å². The van der Waals surface area contributed by atoms with E-state index in [4.69, 9.17) is 4.42 Å². The average molecular weight is 337 g/mol. The zero-order valence-electron chi connectivity index (χ0n) is 12.3. The van der Waals surface area contributed by atoms with Gasteiger partial charge in [-0.1, -0.05) is 0 Å². The van der Waals surface area contributed by atoms with Crippen LogP contribution in [0.25, 0.3) is 0 Å². The van der Waals surface area contributed by atoms with Crippen molar-refractivity contribution in [2.75, 3.05) is 6.54 Å². The van der Waals surface area contributed by atoms with Gasteiger partial charge in [0, 0.05) is 19.2 Å². The van der Waals surface area contributed by atoms with Gasteiger partial charge in [-0.15, -0.1) is 10.2 Å². The molecule has 4 rings (SSSR count). The number of alkyl halides is 2. The van der Waals surface area contributed by atoms with Gasteiger partial charge in [0.2, 0.25) is 5.89 Å². The molecule has 0 aromatic carbocycles. The van der Waals surface area contributed by atoms with Crippen LogP contribution < -0.4 is 5.43 Å². The van der Waals surface area contributed by atoms with E-state index in [9.17, 15) is 13.6 Å². The number of hydrogen-bond donors (Lipinski definition) is 2. The number of aromatic nitrogens is 4. The van der Waals surface area contributed by atoms with E-state index in [1.165, 1.54) is 12.3 Å². The third-order valence-electron chi connectivity index (χ3n) is 3.89. The highest BCUT2D eigenvalue weighted by molar-refractivity contribution is 5.89. The molecule has 126 valence electrons. The molecule has 11 heteroatoms. The Kier molecular flexibility index (Phi) is 3.49. The molecule has 1 unspecified atom stereocenters. The zero-order valence-corrected chi connectivity index (χ0v) is 12.3. The molecule has 0 bridgehead atoms. The maximum atomic E-state index is 12.6. The van der Waals surface area contributed by atoms with Gasteiger partial charge in [-0.25, -0.2) is 10.4 Å². The average Bonchev–Trinajstić information content (AvgIpc) is 3.31. The second-order valence-electron chi connectivity index (χ2n) is 5.38. The summed E-state index contributed by atoms with van der Waals surface area (Å²) in [4.78, 5) is 21.2. The highest BCUT2D eigenvalue weighted by Crippen LogP contribution is 2.22. The normalized spacial score (nSPS) is 20.0. The highest BCUT2D eigenvalue weighted by Gasteiger charge is 2.30. The first-order valence-electron chi connectivity index (χ1n) is 7.26. The third kappa shape index (κ3) is 2.52. The molecule has 2 aliphatic rings. The van der Waals surface area contributed by atoms with Gasteiger partial charge in [0.05, 0.1) is 24.3 Å². The smallest absolute Gasteiger partial charge is 0.327 e. The summed E-state index contributed by atoms with van der Waals surface area (Å²) in [6.07, 6.45) is 4.87. The molecule has 24 heavy (non-hydrogen) atoms. The lowest BCUT2D eigenvalue weighted by atomic mass is 10.1. The largest absolute Gasteiger partial charge is 0.415 e. The van der Waals surface area contributed by atoms with Crippen molar-refractivity contribution in [3.63, 3.8) is 0 Å². The van der Waals surface area contributed by atoms with Crippen molar-refractivity contribution in [2.45, 2.75) is 25.6 Å². The summed E-state index contributed by atoms with van der Waals surface area (Å²) < 4.78 is 30.5. The van der Waals surface area contributed by atoms with Crippen LogP contribution in [0.15, 0.2) is 23.0 Å².